The normalized spacial score (nSPS) is 25.2. The van der Waals surface area contributed by atoms with Gasteiger partial charge in [-0.2, -0.15) is 4.31 Å². The van der Waals surface area contributed by atoms with Crippen molar-refractivity contribution in [2.45, 2.75) is 31.0 Å². The molecular formula is C11H22BN3O12P3S2. The molecule has 0 aromatic rings. The molecule has 0 aromatic carbocycles. The summed E-state index contributed by atoms with van der Waals surface area (Å²) in [5, 5.41) is 3.24. The van der Waals surface area contributed by atoms with Gasteiger partial charge in [-0.3, -0.25) is 9.36 Å². The van der Waals surface area contributed by atoms with Crippen molar-refractivity contribution in [1.29, 1.82) is 0 Å². The molecule has 0 aromatic heterocycles. The molecule has 0 bridgehead atoms. The molecule has 21 heteroatoms. The Morgan fingerprint density at radius 2 is 2.09 bits per heavy atom. The Morgan fingerprint density at radius 1 is 1.38 bits per heavy atom. The average molecular weight is 557 g/mol. The number of ketones is 1. The molecule has 0 aliphatic carbocycles. The highest BCUT2D eigenvalue weighted by molar-refractivity contribution is 8.76. The number of hydrogen-bond donors (Lipinski definition) is 3. The quantitative estimate of drug-likeness (QED) is 0.0472. The van der Waals surface area contributed by atoms with Crippen molar-refractivity contribution in [2.75, 3.05) is 32.0 Å². The molecule has 1 aliphatic rings. The smallest absolute Gasteiger partial charge is 0.379 e. The third kappa shape index (κ3) is 13.1. The summed E-state index contributed by atoms with van der Waals surface area (Å²) in [6, 6.07) is -0.577. The lowest BCUT2D eigenvalue weighted by atomic mass is 9.66. The summed E-state index contributed by atoms with van der Waals surface area (Å²) in [7, 11) is -11.1. The first-order valence-electron chi connectivity index (χ1n) is 9.17. The van der Waals surface area contributed by atoms with Crippen LogP contribution in [0.5, 0.6) is 0 Å². The van der Waals surface area contributed by atoms with E-state index in [1.165, 1.54) is 21.6 Å². The number of rotatable bonds is 16. The minimum Gasteiger partial charge on any atom is -0.379 e. The van der Waals surface area contributed by atoms with E-state index < -0.39 is 48.1 Å². The summed E-state index contributed by atoms with van der Waals surface area (Å²) >= 11 is 0. The Hall–Kier alpha value is 0.115. The number of hydrogen-bond acceptors (Lipinski definition) is 12. The van der Waals surface area contributed by atoms with Crippen molar-refractivity contribution in [3.05, 3.63) is 10.4 Å². The average Bonchev–Trinajstić information content (AvgIpc) is 3.04. The third-order valence-corrected chi connectivity index (χ3v) is 9.25. The van der Waals surface area contributed by atoms with Gasteiger partial charge in [0.05, 0.1) is 18.5 Å². The van der Waals surface area contributed by atoms with E-state index in [1.54, 1.807) is 7.28 Å². The van der Waals surface area contributed by atoms with Crippen LogP contribution in [0.1, 0.15) is 7.79 Å². The Balaban J connectivity index is 2.67. The van der Waals surface area contributed by atoms with Crippen LogP contribution in [-0.4, -0.2) is 77.9 Å². The van der Waals surface area contributed by atoms with Crippen LogP contribution in [0, 0.1) is 0 Å². The zero-order chi connectivity index (χ0) is 25.1. The fourth-order valence-corrected chi connectivity index (χ4v) is 6.92. The SMILES string of the molecule is [2H]CSSCC(=O)C[B][C@H]1CC(OCN=[N+]=[N-])[C@@H](COP(C)(=O)OP(=O)(O)OP(=O)(O)O)O1. The van der Waals surface area contributed by atoms with E-state index in [0.29, 0.717) is 0 Å². The van der Waals surface area contributed by atoms with Gasteiger partial charge in [-0.1, -0.05) is 26.7 Å². The highest BCUT2D eigenvalue weighted by Gasteiger charge is 2.41. The molecule has 15 nitrogen and oxygen atoms in total. The molecule has 1 rings (SSSR count). The van der Waals surface area contributed by atoms with E-state index in [9.17, 15) is 23.4 Å². The van der Waals surface area contributed by atoms with E-state index in [1.807, 2.05) is 0 Å². The van der Waals surface area contributed by atoms with Crippen LogP contribution in [0.25, 0.3) is 10.4 Å². The van der Waals surface area contributed by atoms with Crippen LogP contribution in [0.4, 0.5) is 0 Å². The van der Waals surface area contributed by atoms with Gasteiger partial charge in [0.2, 0.25) is 0 Å². The topological polar surface area (TPSA) is 224 Å². The van der Waals surface area contributed by atoms with Crippen molar-refractivity contribution in [2.24, 2.45) is 5.11 Å². The molecular weight excluding hydrogens is 534 g/mol. The maximum atomic E-state index is 12.3. The van der Waals surface area contributed by atoms with Crippen molar-refractivity contribution >= 4 is 57.9 Å². The molecule has 1 heterocycles. The van der Waals surface area contributed by atoms with Gasteiger partial charge < -0.3 is 28.7 Å². The number of Topliss-reactive ketones (excluding diaryl/α,β-unsaturated/α-hetero) is 1. The van der Waals surface area contributed by atoms with E-state index >= 15 is 0 Å². The molecule has 1 aliphatic heterocycles. The van der Waals surface area contributed by atoms with Crippen LogP contribution in [0.15, 0.2) is 5.11 Å². The molecule has 32 heavy (non-hydrogen) atoms. The molecule has 1 radical (unpaired) electrons. The summed E-state index contributed by atoms with van der Waals surface area (Å²) in [4.78, 5) is 41.0. The molecule has 5 atom stereocenters. The van der Waals surface area contributed by atoms with Gasteiger partial charge in [-0.05, 0) is 24.5 Å². The third-order valence-electron chi connectivity index (χ3n) is 3.48. The Bertz CT molecular complexity index is 849. The molecule has 3 N–H and O–H groups in total. The van der Waals surface area contributed by atoms with Gasteiger partial charge in [0.25, 0.3) is 0 Å². The van der Waals surface area contributed by atoms with Crippen LogP contribution < -0.4 is 0 Å². The predicted molar refractivity (Wildman–Crippen MR) is 117 cm³/mol. The van der Waals surface area contributed by atoms with E-state index in [-0.39, 0.29) is 37.2 Å². The zero-order valence-electron chi connectivity index (χ0n) is 17.6. The Morgan fingerprint density at radius 3 is 2.72 bits per heavy atom. The molecule has 0 amide bonds. The summed E-state index contributed by atoms with van der Waals surface area (Å²) in [6.45, 7) is -0.0761. The van der Waals surface area contributed by atoms with Crippen LogP contribution in [0.2, 0.25) is 6.32 Å². The lowest BCUT2D eigenvalue weighted by Gasteiger charge is -2.22. The first kappa shape index (κ1) is 28.4. The van der Waals surface area contributed by atoms with Gasteiger partial charge in [-0.15, -0.1) is 0 Å². The lowest BCUT2D eigenvalue weighted by Crippen LogP contribution is -2.29. The summed E-state index contributed by atoms with van der Waals surface area (Å²) in [5.74, 6) is 0.121. The summed E-state index contributed by atoms with van der Waals surface area (Å²) in [6.07, 6.45) is -1.21. The van der Waals surface area contributed by atoms with Gasteiger partial charge in [-0.25, -0.2) is 13.4 Å². The van der Waals surface area contributed by atoms with Gasteiger partial charge >= 0.3 is 23.2 Å². The molecule has 0 spiro atoms. The Labute approximate surface area is 193 Å². The lowest BCUT2D eigenvalue weighted by molar-refractivity contribution is -0.114. The monoisotopic (exact) mass is 557 g/mol. The highest BCUT2D eigenvalue weighted by atomic mass is 33.1. The second kappa shape index (κ2) is 13.9. The summed E-state index contributed by atoms with van der Waals surface area (Å²) < 4.78 is 65.5. The maximum absolute atomic E-state index is 12.3. The van der Waals surface area contributed by atoms with Crippen LogP contribution in [-0.2, 0) is 41.1 Å². The van der Waals surface area contributed by atoms with Crippen molar-refractivity contribution in [3.8, 4) is 0 Å². The van der Waals surface area contributed by atoms with E-state index in [4.69, 9.17) is 30.7 Å². The van der Waals surface area contributed by atoms with Gasteiger partial charge in [0.15, 0.2) is 7.28 Å². The van der Waals surface area contributed by atoms with E-state index in [2.05, 4.69) is 18.6 Å². The standard InChI is InChI=1S/C11H22BN3O12P3S2/c1-28(17,26-30(21,22)27-29(18,19)20)24-5-10-9(23-7-14-15-13)3-11(25-10)12-4-8(16)6-32-31-2/h9-11H,3-7H2,1-2H3,(H,21,22)(H2,18,19,20)/t9?,10-,11-,28?/m1/s1/i2D. The van der Waals surface area contributed by atoms with Gasteiger partial charge in [0.1, 0.15) is 18.6 Å². The van der Waals surface area contributed by atoms with Gasteiger partial charge in [0, 0.05) is 19.0 Å². The first-order valence-corrected chi connectivity index (χ1v) is 16.0. The first-order chi connectivity index (χ1) is 15.3. The largest absolute Gasteiger partial charge is 0.488 e. The summed E-state index contributed by atoms with van der Waals surface area (Å²) in [5.41, 5.74) is 8.38. The number of carbonyl (C=O) groups is 1. The Kier molecular flexibility index (Phi) is 12.3. The number of nitrogens with zero attached hydrogens (tertiary/aromatic N) is 3. The van der Waals surface area contributed by atoms with Crippen molar-refractivity contribution in [3.63, 3.8) is 0 Å². The van der Waals surface area contributed by atoms with Crippen LogP contribution in [0.3, 0.4) is 0 Å². The molecule has 1 saturated heterocycles. The number of carbonyl (C=O) groups excluding carboxylic acids is 1. The zero-order valence-corrected chi connectivity index (χ0v) is 20.9. The van der Waals surface area contributed by atoms with Crippen molar-refractivity contribution < 1.29 is 57.2 Å². The van der Waals surface area contributed by atoms with Crippen molar-refractivity contribution in [1.82, 2.24) is 0 Å². The minimum absolute atomic E-state index is 0.0790. The highest BCUT2D eigenvalue weighted by Crippen LogP contribution is 2.66. The minimum atomic E-state index is -5.42. The second-order valence-electron chi connectivity index (χ2n) is 6.06. The number of phosphoric acid groups is 2. The van der Waals surface area contributed by atoms with E-state index in [0.717, 1.165) is 6.66 Å². The number of ether oxygens (including phenoxy) is 2. The fraction of sp³-hybridized carbons (Fsp3) is 0.909. The molecule has 183 valence electrons. The molecule has 1 fully saturated rings. The fourth-order valence-electron chi connectivity index (χ4n) is 2.38. The second-order valence-corrected chi connectivity index (χ2v) is 13.3. The number of azide groups is 1. The molecule has 3 unspecified atom stereocenters. The van der Waals surface area contributed by atoms with Crippen LogP contribution >= 0.6 is 44.8 Å². The molecule has 0 saturated carbocycles. The predicted octanol–water partition coefficient (Wildman–Crippen LogP) is 2.52. The maximum Gasteiger partial charge on any atom is 0.488 e.